The van der Waals surface area contributed by atoms with Gasteiger partial charge in [0.2, 0.25) is 0 Å². The summed E-state index contributed by atoms with van der Waals surface area (Å²) in [6.45, 7) is 5.37. The highest BCUT2D eigenvalue weighted by molar-refractivity contribution is 5.72. The Morgan fingerprint density at radius 1 is 0.452 bits per heavy atom. The molecule has 0 bridgehead atoms. The van der Waals surface area contributed by atoms with Crippen molar-refractivity contribution in [2.45, 2.75) is 105 Å². The number of esters is 4. The number of unbranched alkanes of at least 4 members (excludes halogenated alkanes) is 8. The molecule has 0 aliphatic rings. The molecule has 0 unspecified atom stereocenters. The van der Waals surface area contributed by atoms with E-state index in [1.54, 1.807) is 12.1 Å². The van der Waals surface area contributed by atoms with Crippen LogP contribution in [0.2, 0.25) is 0 Å². The van der Waals surface area contributed by atoms with Gasteiger partial charge in [0.25, 0.3) is 0 Å². The van der Waals surface area contributed by atoms with Crippen molar-refractivity contribution in [3.05, 3.63) is 59.7 Å². The van der Waals surface area contributed by atoms with Crippen LogP contribution in [0.4, 0.5) is 0 Å². The normalized spacial score (nSPS) is 10.9. The van der Waals surface area contributed by atoms with Crippen LogP contribution in [-0.4, -0.2) is 23.9 Å². The molecule has 0 aliphatic heterocycles. The predicted molar refractivity (Wildman–Crippen MR) is 161 cm³/mol. The highest BCUT2D eigenvalue weighted by atomic mass is 16.6. The van der Waals surface area contributed by atoms with Crippen molar-refractivity contribution in [2.75, 3.05) is 0 Å². The lowest BCUT2D eigenvalue weighted by Crippen LogP contribution is -2.05. The van der Waals surface area contributed by atoms with Crippen LogP contribution in [0.3, 0.4) is 0 Å². The summed E-state index contributed by atoms with van der Waals surface area (Å²) in [6, 6.07) is 10.4. The van der Waals surface area contributed by atoms with Crippen molar-refractivity contribution >= 4 is 23.9 Å². The van der Waals surface area contributed by atoms with E-state index in [4.69, 9.17) is 18.9 Å². The number of ether oxygens (including phenoxy) is 4. The molecule has 0 aliphatic carbocycles. The number of aryl methyl sites for hydroxylation is 2. The second-order valence-corrected chi connectivity index (χ2v) is 10.4. The zero-order valence-electron chi connectivity index (χ0n) is 25.4. The van der Waals surface area contributed by atoms with Crippen molar-refractivity contribution in [3.63, 3.8) is 0 Å². The molecule has 0 aromatic heterocycles. The van der Waals surface area contributed by atoms with Gasteiger partial charge in [0, 0.05) is 39.8 Å². The van der Waals surface area contributed by atoms with Gasteiger partial charge in [0.05, 0.1) is 0 Å². The maximum absolute atomic E-state index is 11.3. The van der Waals surface area contributed by atoms with Gasteiger partial charge >= 0.3 is 23.9 Å². The van der Waals surface area contributed by atoms with Gasteiger partial charge in [-0.2, -0.15) is 0 Å². The van der Waals surface area contributed by atoms with Gasteiger partial charge in [-0.05, 0) is 86.8 Å². The van der Waals surface area contributed by atoms with Crippen LogP contribution >= 0.6 is 0 Å². The van der Waals surface area contributed by atoms with Crippen LogP contribution in [0.15, 0.2) is 48.6 Å². The number of hydrogen-bond acceptors (Lipinski definition) is 8. The Labute approximate surface area is 249 Å². The predicted octanol–water partition coefficient (Wildman–Crippen LogP) is 7.63. The Hall–Kier alpha value is -3.94. The molecule has 0 saturated heterocycles. The Morgan fingerprint density at radius 3 is 1.02 bits per heavy atom. The zero-order valence-corrected chi connectivity index (χ0v) is 25.4. The molecule has 0 atom stereocenters. The molecule has 0 fully saturated rings. The Bertz CT molecular complexity index is 1050. The minimum absolute atomic E-state index is 0.391. The molecule has 2 aromatic carbocycles. The molecule has 8 heteroatoms. The van der Waals surface area contributed by atoms with Crippen LogP contribution in [0.25, 0.3) is 0 Å². The maximum atomic E-state index is 11.3. The summed E-state index contributed by atoms with van der Waals surface area (Å²) in [5, 5.41) is 0. The lowest BCUT2D eigenvalue weighted by atomic mass is 10.0. The number of carbonyl (C=O) groups is 4. The summed E-state index contributed by atoms with van der Waals surface area (Å²) in [5.41, 5.74) is 1.96. The minimum atomic E-state index is -0.411. The molecule has 0 amide bonds. The third-order valence-electron chi connectivity index (χ3n) is 6.27. The first-order valence-corrected chi connectivity index (χ1v) is 14.8. The lowest BCUT2D eigenvalue weighted by molar-refractivity contribution is -0.133. The van der Waals surface area contributed by atoms with E-state index in [-0.39, 0.29) is 0 Å². The van der Waals surface area contributed by atoms with Gasteiger partial charge in [0.1, 0.15) is 23.0 Å². The fourth-order valence-electron chi connectivity index (χ4n) is 4.57. The minimum Gasteiger partial charge on any atom is -0.427 e. The highest BCUT2D eigenvalue weighted by Crippen LogP contribution is 2.26. The monoisotopic (exact) mass is 580 g/mol. The molecule has 0 heterocycles. The number of benzene rings is 2. The summed E-state index contributed by atoms with van der Waals surface area (Å²) in [5.74, 6) is -0.0788. The van der Waals surface area contributed by atoms with E-state index in [2.05, 4.69) is 12.2 Å². The maximum Gasteiger partial charge on any atom is 0.308 e. The van der Waals surface area contributed by atoms with E-state index in [0.717, 1.165) is 88.2 Å². The first kappa shape index (κ1) is 34.3. The van der Waals surface area contributed by atoms with E-state index in [1.165, 1.54) is 27.7 Å². The Kier molecular flexibility index (Phi) is 15.7. The van der Waals surface area contributed by atoms with Gasteiger partial charge in [-0.15, -0.1) is 0 Å². The van der Waals surface area contributed by atoms with Crippen molar-refractivity contribution in [3.8, 4) is 23.0 Å². The fourth-order valence-corrected chi connectivity index (χ4v) is 4.57. The van der Waals surface area contributed by atoms with Gasteiger partial charge < -0.3 is 18.9 Å². The third-order valence-corrected chi connectivity index (χ3v) is 6.27. The highest BCUT2D eigenvalue weighted by Gasteiger charge is 2.09. The van der Waals surface area contributed by atoms with Crippen LogP contribution in [0.5, 0.6) is 23.0 Å². The topological polar surface area (TPSA) is 105 Å². The van der Waals surface area contributed by atoms with Gasteiger partial charge in [-0.3, -0.25) is 19.2 Å². The standard InChI is InChI=1S/C34H44O8/c1-25(35)39-31-19-29(20-32(23-31)40-26(2)36)17-15-13-11-9-7-5-6-8-10-12-14-16-18-30-21-33(41-27(3)37)24-34(22-30)42-28(4)38/h5-6,19-24H,7-18H2,1-4H3/b6-5-. The quantitative estimate of drug-likeness (QED) is 0.0767. The first-order chi connectivity index (χ1) is 20.1. The molecule has 0 radical (unpaired) electrons. The van der Waals surface area contributed by atoms with Crippen LogP contribution < -0.4 is 18.9 Å². The average molecular weight is 581 g/mol. The second-order valence-electron chi connectivity index (χ2n) is 10.4. The summed E-state index contributed by atoms with van der Waals surface area (Å²) in [7, 11) is 0. The largest absolute Gasteiger partial charge is 0.427 e. The molecule has 2 aromatic rings. The van der Waals surface area contributed by atoms with Crippen LogP contribution in [0, 0.1) is 0 Å². The number of allylic oxidation sites excluding steroid dienone is 2. The summed E-state index contributed by atoms with van der Waals surface area (Å²) in [4.78, 5) is 45.2. The molecule has 8 nitrogen and oxygen atoms in total. The average Bonchev–Trinajstić information content (AvgIpc) is 2.87. The molecule has 228 valence electrons. The number of carbonyl (C=O) groups excluding carboxylic acids is 4. The Balaban J connectivity index is 1.57. The Morgan fingerprint density at radius 2 is 0.738 bits per heavy atom. The number of rotatable bonds is 18. The van der Waals surface area contributed by atoms with Gasteiger partial charge in [-0.1, -0.05) is 37.8 Å². The van der Waals surface area contributed by atoms with Crippen molar-refractivity contribution in [1.29, 1.82) is 0 Å². The molecular formula is C34H44O8. The van der Waals surface area contributed by atoms with Crippen LogP contribution in [0.1, 0.15) is 103 Å². The first-order valence-electron chi connectivity index (χ1n) is 14.8. The van der Waals surface area contributed by atoms with Crippen molar-refractivity contribution < 1.29 is 38.1 Å². The summed E-state index contributed by atoms with van der Waals surface area (Å²) >= 11 is 0. The molecule has 42 heavy (non-hydrogen) atoms. The number of hydrogen-bond donors (Lipinski definition) is 0. The SMILES string of the molecule is CC(=O)Oc1cc(CCCCCC/C=C\CCCCCCc2cc(OC(C)=O)cc(OC(C)=O)c2)cc(OC(C)=O)c1. The lowest BCUT2D eigenvalue weighted by Gasteiger charge is -2.09. The van der Waals surface area contributed by atoms with E-state index in [1.807, 2.05) is 24.3 Å². The van der Waals surface area contributed by atoms with E-state index >= 15 is 0 Å². The smallest absolute Gasteiger partial charge is 0.308 e. The third kappa shape index (κ3) is 15.7. The van der Waals surface area contributed by atoms with Crippen molar-refractivity contribution in [1.82, 2.24) is 0 Å². The molecule has 0 saturated carbocycles. The van der Waals surface area contributed by atoms with E-state index in [9.17, 15) is 19.2 Å². The summed E-state index contributed by atoms with van der Waals surface area (Å²) < 4.78 is 20.7. The van der Waals surface area contributed by atoms with Crippen molar-refractivity contribution in [2.24, 2.45) is 0 Å². The van der Waals surface area contributed by atoms with Gasteiger partial charge in [-0.25, -0.2) is 0 Å². The molecular weight excluding hydrogens is 536 g/mol. The van der Waals surface area contributed by atoms with Gasteiger partial charge in [0.15, 0.2) is 0 Å². The second kappa shape index (κ2) is 19.2. The molecule has 0 spiro atoms. The molecule has 0 N–H and O–H groups in total. The zero-order chi connectivity index (χ0) is 30.7. The summed E-state index contributed by atoms with van der Waals surface area (Å²) in [6.07, 6.45) is 17.1. The van der Waals surface area contributed by atoms with E-state index < -0.39 is 23.9 Å². The fraction of sp³-hybridized carbons (Fsp3) is 0.471. The molecule has 2 rings (SSSR count). The van der Waals surface area contributed by atoms with E-state index in [0.29, 0.717) is 23.0 Å². The van der Waals surface area contributed by atoms with Crippen LogP contribution in [-0.2, 0) is 32.0 Å².